The third-order valence-electron chi connectivity index (χ3n) is 1.76. The molecule has 1 aromatic rings. The summed E-state index contributed by atoms with van der Waals surface area (Å²) < 4.78 is 5.41. The summed E-state index contributed by atoms with van der Waals surface area (Å²) in [5.41, 5.74) is 6.18. The van der Waals surface area contributed by atoms with Crippen LogP contribution in [0.1, 0.15) is 20.8 Å². The molecule has 16 heavy (non-hydrogen) atoms. The van der Waals surface area contributed by atoms with Gasteiger partial charge in [0.2, 0.25) is 5.88 Å². The minimum atomic E-state index is -0.469. The van der Waals surface area contributed by atoms with E-state index in [9.17, 15) is 0 Å². The van der Waals surface area contributed by atoms with E-state index < -0.39 is 6.10 Å². The first-order chi connectivity index (χ1) is 7.50. The monoisotopic (exact) mass is 226 g/mol. The molecule has 1 unspecified atom stereocenters. The molecule has 0 aliphatic carbocycles. The van der Waals surface area contributed by atoms with E-state index in [1.165, 1.54) is 6.33 Å². The van der Waals surface area contributed by atoms with Crippen molar-refractivity contribution in [3.8, 4) is 5.88 Å². The van der Waals surface area contributed by atoms with E-state index >= 15 is 0 Å². The molecule has 1 rings (SSSR count). The number of nitrogens with two attached hydrogens (primary N) is 1. The fraction of sp³-hybridized carbons (Fsp3) is 0.600. The van der Waals surface area contributed by atoms with Crippen molar-refractivity contribution in [2.24, 2.45) is 0 Å². The van der Waals surface area contributed by atoms with Crippen molar-refractivity contribution in [2.45, 2.75) is 33.0 Å². The van der Waals surface area contributed by atoms with Crippen LogP contribution in [-0.2, 0) is 0 Å². The first kappa shape index (κ1) is 12.5. The van der Waals surface area contributed by atoms with Gasteiger partial charge in [0.25, 0.3) is 0 Å². The number of ether oxygens (including phenoxy) is 1. The second-order valence-corrected chi connectivity index (χ2v) is 3.84. The first-order valence-electron chi connectivity index (χ1n) is 5.19. The van der Waals surface area contributed by atoms with Crippen LogP contribution < -0.4 is 15.8 Å². The van der Waals surface area contributed by atoms with Gasteiger partial charge in [-0.1, -0.05) is 0 Å². The van der Waals surface area contributed by atoms with Gasteiger partial charge in [-0.3, -0.25) is 0 Å². The van der Waals surface area contributed by atoms with Crippen LogP contribution in [0.5, 0.6) is 5.88 Å². The summed E-state index contributed by atoms with van der Waals surface area (Å²) in [4.78, 5) is 7.93. The fourth-order valence-electron chi connectivity index (χ4n) is 1.08. The Morgan fingerprint density at radius 2 is 2.12 bits per heavy atom. The van der Waals surface area contributed by atoms with E-state index in [1.54, 1.807) is 6.92 Å². The second kappa shape index (κ2) is 5.50. The molecule has 4 N–H and O–H groups in total. The molecule has 0 bridgehead atoms. The molecular formula is C10H18N4O2. The van der Waals surface area contributed by atoms with E-state index in [0.717, 1.165) is 0 Å². The SMILES string of the molecule is CC(O)CNc1ncnc(OC(C)C)c1N. The maximum atomic E-state index is 9.14. The highest BCUT2D eigenvalue weighted by atomic mass is 16.5. The van der Waals surface area contributed by atoms with E-state index in [-0.39, 0.29) is 6.10 Å². The van der Waals surface area contributed by atoms with E-state index in [4.69, 9.17) is 15.6 Å². The highest BCUT2D eigenvalue weighted by molar-refractivity contribution is 5.66. The van der Waals surface area contributed by atoms with Gasteiger partial charge in [0, 0.05) is 6.54 Å². The average molecular weight is 226 g/mol. The second-order valence-electron chi connectivity index (χ2n) is 3.84. The van der Waals surface area contributed by atoms with Gasteiger partial charge in [-0.25, -0.2) is 4.98 Å². The number of nitrogens with one attached hydrogen (secondary N) is 1. The van der Waals surface area contributed by atoms with Gasteiger partial charge in [-0.15, -0.1) is 0 Å². The Balaban J connectivity index is 2.78. The molecule has 0 amide bonds. The smallest absolute Gasteiger partial charge is 0.242 e. The van der Waals surface area contributed by atoms with Crippen molar-refractivity contribution in [1.82, 2.24) is 9.97 Å². The van der Waals surface area contributed by atoms with Crippen LogP contribution in [-0.4, -0.2) is 33.8 Å². The number of hydrogen-bond donors (Lipinski definition) is 3. The number of nitrogen functional groups attached to an aromatic ring is 1. The summed E-state index contributed by atoms with van der Waals surface area (Å²) in [6, 6.07) is 0. The summed E-state index contributed by atoms with van der Waals surface area (Å²) >= 11 is 0. The van der Waals surface area contributed by atoms with E-state index in [2.05, 4.69) is 15.3 Å². The molecule has 1 heterocycles. The third-order valence-corrected chi connectivity index (χ3v) is 1.76. The van der Waals surface area contributed by atoms with Crippen molar-refractivity contribution < 1.29 is 9.84 Å². The first-order valence-corrected chi connectivity index (χ1v) is 5.19. The van der Waals surface area contributed by atoms with Crippen molar-refractivity contribution in [3.05, 3.63) is 6.33 Å². The van der Waals surface area contributed by atoms with Crippen LogP contribution in [0.2, 0.25) is 0 Å². The summed E-state index contributed by atoms with van der Waals surface area (Å²) in [7, 11) is 0. The van der Waals surface area contributed by atoms with E-state index in [0.29, 0.717) is 23.9 Å². The quantitative estimate of drug-likeness (QED) is 0.682. The van der Waals surface area contributed by atoms with Crippen LogP contribution in [0.25, 0.3) is 0 Å². The molecule has 1 aromatic heterocycles. The minimum Gasteiger partial charge on any atom is -0.473 e. The molecule has 0 aliphatic rings. The number of aliphatic hydroxyl groups excluding tert-OH is 1. The van der Waals surface area contributed by atoms with Gasteiger partial charge >= 0.3 is 0 Å². The predicted octanol–water partition coefficient (Wildman–Crippen LogP) is 0.639. The maximum absolute atomic E-state index is 9.14. The number of nitrogens with zero attached hydrogens (tertiary/aromatic N) is 2. The largest absolute Gasteiger partial charge is 0.473 e. The Kier molecular flexibility index (Phi) is 4.30. The van der Waals surface area contributed by atoms with Crippen LogP contribution in [0.15, 0.2) is 6.33 Å². The van der Waals surface area contributed by atoms with Crippen LogP contribution in [0, 0.1) is 0 Å². The number of rotatable bonds is 5. The van der Waals surface area contributed by atoms with Crippen molar-refractivity contribution in [3.63, 3.8) is 0 Å². The Morgan fingerprint density at radius 3 is 2.69 bits per heavy atom. The Labute approximate surface area is 94.9 Å². The summed E-state index contributed by atoms with van der Waals surface area (Å²) in [5, 5.41) is 12.1. The van der Waals surface area contributed by atoms with Crippen LogP contribution >= 0.6 is 0 Å². The Bertz CT molecular complexity index is 342. The summed E-state index contributed by atoms with van der Waals surface area (Å²) in [6.07, 6.45) is 0.906. The highest BCUT2D eigenvalue weighted by Crippen LogP contribution is 2.25. The van der Waals surface area contributed by atoms with Gasteiger partial charge in [-0.2, -0.15) is 4.98 Å². The standard InChI is InChI=1S/C10H18N4O2/c1-6(2)16-10-8(11)9(13-5-14-10)12-4-7(3)15/h5-7,15H,4,11H2,1-3H3,(H,12,13,14). The van der Waals surface area contributed by atoms with Gasteiger partial charge < -0.3 is 20.9 Å². The molecular weight excluding hydrogens is 208 g/mol. The topological polar surface area (TPSA) is 93.3 Å². The summed E-state index contributed by atoms with van der Waals surface area (Å²) in [6.45, 7) is 5.84. The van der Waals surface area contributed by atoms with Gasteiger partial charge in [0.05, 0.1) is 12.2 Å². The molecule has 0 fully saturated rings. The number of aromatic nitrogens is 2. The molecule has 0 aromatic carbocycles. The fourth-order valence-corrected chi connectivity index (χ4v) is 1.08. The lowest BCUT2D eigenvalue weighted by atomic mass is 10.4. The lowest BCUT2D eigenvalue weighted by Crippen LogP contribution is -2.18. The number of hydrogen-bond acceptors (Lipinski definition) is 6. The van der Waals surface area contributed by atoms with E-state index in [1.807, 2.05) is 13.8 Å². The molecule has 1 atom stereocenters. The molecule has 90 valence electrons. The lowest BCUT2D eigenvalue weighted by Gasteiger charge is -2.14. The predicted molar refractivity (Wildman–Crippen MR) is 62.4 cm³/mol. The molecule has 0 saturated carbocycles. The van der Waals surface area contributed by atoms with Gasteiger partial charge in [-0.05, 0) is 20.8 Å². The molecule has 0 aliphatic heterocycles. The van der Waals surface area contributed by atoms with Crippen LogP contribution in [0.4, 0.5) is 11.5 Å². The van der Waals surface area contributed by atoms with Gasteiger partial charge in [0.1, 0.15) is 12.0 Å². The molecule has 6 heteroatoms. The molecule has 0 spiro atoms. The normalized spacial score (nSPS) is 12.6. The number of anilines is 2. The third kappa shape index (κ3) is 3.54. The maximum Gasteiger partial charge on any atom is 0.242 e. The number of aliphatic hydroxyl groups is 1. The van der Waals surface area contributed by atoms with Crippen LogP contribution in [0.3, 0.4) is 0 Å². The Hall–Kier alpha value is -1.56. The molecule has 0 radical (unpaired) electrons. The zero-order valence-electron chi connectivity index (χ0n) is 9.77. The van der Waals surface area contributed by atoms with Gasteiger partial charge in [0.15, 0.2) is 5.82 Å². The molecule has 0 saturated heterocycles. The average Bonchev–Trinajstić information content (AvgIpc) is 2.18. The van der Waals surface area contributed by atoms with Crippen molar-refractivity contribution in [1.29, 1.82) is 0 Å². The lowest BCUT2D eigenvalue weighted by molar-refractivity contribution is 0.208. The summed E-state index contributed by atoms with van der Waals surface area (Å²) in [5.74, 6) is 0.838. The highest BCUT2D eigenvalue weighted by Gasteiger charge is 2.10. The zero-order valence-corrected chi connectivity index (χ0v) is 9.77. The molecule has 6 nitrogen and oxygen atoms in total. The van der Waals surface area contributed by atoms with Crippen molar-refractivity contribution >= 4 is 11.5 Å². The zero-order chi connectivity index (χ0) is 12.1. The Morgan fingerprint density at radius 1 is 1.44 bits per heavy atom. The minimum absolute atomic E-state index is 0.00168. The van der Waals surface area contributed by atoms with Crippen molar-refractivity contribution in [2.75, 3.05) is 17.6 Å².